The SMILES string of the molecule is NC1CN(c2ccccn2)CCC1(O)c1ccccc1. The van der Waals surface area contributed by atoms with Gasteiger partial charge in [0.1, 0.15) is 11.4 Å². The zero-order valence-corrected chi connectivity index (χ0v) is 11.3. The summed E-state index contributed by atoms with van der Waals surface area (Å²) in [7, 11) is 0. The molecule has 3 rings (SSSR count). The van der Waals surface area contributed by atoms with E-state index in [1.54, 1.807) is 6.20 Å². The monoisotopic (exact) mass is 269 g/mol. The van der Waals surface area contributed by atoms with Gasteiger partial charge in [-0.25, -0.2) is 4.98 Å². The molecule has 1 saturated heterocycles. The molecule has 1 fully saturated rings. The second-order valence-corrected chi connectivity index (χ2v) is 5.28. The Morgan fingerprint density at radius 3 is 2.55 bits per heavy atom. The van der Waals surface area contributed by atoms with E-state index in [1.165, 1.54) is 0 Å². The van der Waals surface area contributed by atoms with Gasteiger partial charge in [0.15, 0.2) is 0 Å². The normalized spacial score (nSPS) is 26.5. The molecule has 1 aromatic heterocycles. The topological polar surface area (TPSA) is 62.4 Å². The van der Waals surface area contributed by atoms with Crippen molar-refractivity contribution in [3.63, 3.8) is 0 Å². The summed E-state index contributed by atoms with van der Waals surface area (Å²) in [5.74, 6) is 0.915. The van der Waals surface area contributed by atoms with Gasteiger partial charge in [-0.2, -0.15) is 0 Å². The average molecular weight is 269 g/mol. The number of hydrogen-bond acceptors (Lipinski definition) is 4. The third kappa shape index (κ3) is 2.28. The van der Waals surface area contributed by atoms with Gasteiger partial charge < -0.3 is 15.7 Å². The molecule has 4 heteroatoms. The quantitative estimate of drug-likeness (QED) is 0.867. The molecule has 3 N–H and O–H groups in total. The molecule has 1 aliphatic heterocycles. The molecular weight excluding hydrogens is 250 g/mol. The summed E-state index contributed by atoms with van der Waals surface area (Å²) in [5, 5.41) is 10.9. The fourth-order valence-electron chi connectivity index (χ4n) is 2.80. The van der Waals surface area contributed by atoms with Gasteiger partial charge in [-0.1, -0.05) is 36.4 Å². The number of benzene rings is 1. The third-order valence-electron chi connectivity index (χ3n) is 4.04. The van der Waals surface area contributed by atoms with Crippen molar-refractivity contribution < 1.29 is 5.11 Å². The first-order valence-corrected chi connectivity index (χ1v) is 6.89. The predicted octanol–water partition coefficient (Wildman–Crippen LogP) is 1.51. The Morgan fingerprint density at radius 1 is 1.15 bits per heavy atom. The van der Waals surface area contributed by atoms with Crippen LogP contribution in [0.5, 0.6) is 0 Å². The van der Waals surface area contributed by atoms with Crippen LogP contribution in [-0.4, -0.2) is 29.2 Å². The first-order valence-electron chi connectivity index (χ1n) is 6.89. The minimum absolute atomic E-state index is 0.333. The Morgan fingerprint density at radius 2 is 1.90 bits per heavy atom. The first-order chi connectivity index (χ1) is 9.70. The zero-order chi connectivity index (χ0) is 14.0. The highest BCUT2D eigenvalue weighted by molar-refractivity contribution is 5.40. The number of hydrogen-bond donors (Lipinski definition) is 2. The summed E-state index contributed by atoms with van der Waals surface area (Å²) in [5.41, 5.74) is 6.20. The van der Waals surface area contributed by atoms with Crippen molar-refractivity contribution >= 4 is 5.82 Å². The van der Waals surface area contributed by atoms with Gasteiger partial charge in [-0.05, 0) is 24.1 Å². The summed E-state index contributed by atoms with van der Waals surface area (Å²) < 4.78 is 0. The fourth-order valence-corrected chi connectivity index (χ4v) is 2.80. The molecule has 0 spiro atoms. The first kappa shape index (κ1) is 13.1. The molecule has 2 heterocycles. The maximum absolute atomic E-state index is 10.9. The molecule has 2 atom stereocenters. The van der Waals surface area contributed by atoms with Crippen molar-refractivity contribution in [1.82, 2.24) is 4.98 Å². The van der Waals surface area contributed by atoms with Crippen molar-refractivity contribution in [2.24, 2.45) is 5.73 Å². The molecule has 0 bridgehead atoms. The lowest BCUT2D eigenvalue weighted by Crippen LogP contribution is -2.58. The van der Waals surface area contributed by atoms with Gasteiger partial charge >= 0.3 is 0 Å². The van der Waals surface area contributed by atoms with Crippen LogP contribution >= 0.6 is 0 Å². The minimum Gasteiger partial charge on any atom is -0.383 e. The van der Waals surface area contributed by atoms with Crippen LogP contribution in [0.15, 0.2) is 54.7 Å². The molecule has 0 saturated carbocycles. The lowest BCUT2D eigenvalue weighted by atomic mass is 9.81. The summed E-state index contributed by atoms with van der Waals surface area (Å²) in [6, 6.07) is 15.2. The second kappa shape index (κ2) is 5.23. The molecule has 0 radical (unpaired) electrons. The lowest BCUT2D eigenvalue weighted by molar-refractivity contribution is -0.00640. The zero-order valence-electron chi connectivity index (χ0n) is 11.3. The predicted molar refractivity (Wildman–Crippen MR) is 79.4 cm³/mol. The van der Waals surface area contributed by atoms with Gasteiger partial charge in [0.05, 0.1) is 6.04 Å². The Balaban J connectivity index is 1.81. The molecule has 0 amide bonds. The number of piperidine rings is 1. The summed E-state index contributed by atoms with van der Waals surface area (Å²) in [6.07, 6.45) is 2.38. The van der Waals surface area contributed by atoms with E-state index in [4.69, 9.17) is 5.73 Å². The minimum atomic E-state index is -0.952. The number of nitrogens with zero attached hydrogens (tertiary/aromatic N) is 2. The molecule has 4 nitrogen and oxygen atoms in total. The average Bonchev–Trinajstić information content (AvgIpc) is 2.52. The third-order valence-corrected chi connectivity index (χ3v) is 4.04. The van der Waals surface area contributed by atoms with Crippen molar-refractivity contribution in [3.8, 4) is 0 Å². The Kier molecular flexibility index (Phi) is 3.42. The maximum Gasteiger partial charge on any atom is 0.128 e. The van der Waals surface area contributed by atoms with Gasteiger partial charge in [0.25, 0.3) is 0 Å². The van der Waals surface area contributed by atoms with Crippen LogP contribution in [0.1, 0.15) is 12.0 Å². The van der Waals surface area contributed by atoms with E-state index in [9.17, 15) is 5.11 Å². The summed E-state index contributed by atoms with van der Waals surface area (Å²) in [4.78, 5) is 6.47. The van der Waals surface area contributed by atoms with E-state index in [1.807, 2.05) is 48.5 Å². The van der Waals surface area contributed by atoms with E-state index >= 15 is 0 Å². The van der Waals surface area contributed by atoms with Crippen LogP contribution in [0.2, 0.25) is 0 Å². The van der Waals surface area contributed by atoms with E-state index in [0.717, 1.165) is 17.9 Å². The largest absolute Gasteiger partial charge is 0.383 e. The number of rotatable bonds is 2. The number of pyridine rings is 1. The van der Waals surface area contributed by atoms with Gasteiger partial charge in [0.2, 0.25) is 0 Å². The molecule has 0 aliphatic carbocycles. The molecule has 1 aliphatic rings. The Labute approximate surface area is 118 Å². The number of aliphatic hydroxyl groups is 1. The van der Waals surface area contributed by atoms with Crippen LogP contribution in [0, 0.1) is 0 Å². The summed E-state index contributed by atoms with van der Waals surface area (Å²) in [6.45, 7) is 1.35. The lowest BCUT2D eigenvalue weighted by Gasteiger charge is -2.43. The second-order valence-electron chi connectivity index (χ2n) is 5.28. The van der Waals surface area contributed by atoms with Gasteiger partial charge in [-0.3, -0.25) is 0 Å². The highest BCUT2D eigenvalue weighted by Crippen LogP contribution is 2.33. The highest BCUT2D eigenvalue weighted by Gasteiger charge is 2.41. The van der Waals surface area contributed by atoms with E-state index in [0.29, 0.717) is 13.0 Å². The standard InChI is InChI=1S/C16H19N3O/c17-14-12-19(15-8-4-5-10-18-15)11-9-16(14,20)13-6-2-1-3-7-13/h1-8,10,14,20H,9,11-12,17H2. The summed E-state index contributed by atoms with van der Waals surface area (Å²) >= 11 is 0. The van der Waals surface area contributed by atoms with Gasteiger partial charge in [-0.15, -0.1) is 0 Å². The van der Waals surface area contributed by atoms with Crippen molar-refractivity contribution in [1.29, 1.82) is 0 Å². The van der Waals surface area contributed by atoms with Crippen LogP contribution < -0.4 is 10.6 Å². The van der Waals surface area contributed by atoms with E-state index in [-0.39, 0.29) is 6.04 Å². The van der Waals surface area contributed by atoms with Gasteiger partial charge in [0, 0.05) is 19.3 Å². The molecule has 2 unspecified atom stereocenters. The maximum atomic E-state index is 10.9. The Hall–Kier alpha value is -1.91. The van der Waals surface area contributed by atoms with Crippen LogP contribution in [-0.2, 0) is 5.60 Å². The smallest absolute Gasteiger partial charge is 0.128 e. The van der Waals surface area contributed by atoms with E-state index < -0.39 is 5.60 Å². The highest BCUT2D eigenvalue weighted by atomic mass is 16.3. The number of nitrogens with two attached hydrogens (primary N) is 1. The van der Waals surface area contributed by atoms with Crippen LogP contribution in [0.25, 0.3) is 0 Å². The van der Waals surface area contributed by atoms with Crippen molar-refractivity contribution in [2.45, 2.75) is 18.1 Å². The Bertz CT molecular complexity index is 560. The van der Waals surface area contributed by atoms with Crippen LogP contribution in [0.4, 0.5) is 5.82 Å². The van der Waals surface area contributed by atoms with Crippen molar-refractivity contribution in [2.75, 3.05) is 18.0 Å². The molecule has 104 valence electrons. The van der Waals surface area contributed by atoms with Crippen molar-refractivity contribution in [3.05, 3.63) is 60.3 Å². The number of aromatic nitrogens is 1. The molecule has 1 aromatic carbocycles. The fraction of sp³-hybridized carbons (Fsp3) is 0.312. The number of anilines is 1. The molecular formula is C16H19N3O. The van der Waals surface area contributed by atoms with E-state index in [2.05, 4.69) is 9.88 Å². The van der Waals surface area contributed by atoms with Crippen LogP contribution in [0.3, 0.4) is 0 Å². The molecule has 20 heavy (non-hydrogen) atoms. The molecule has 2 aromatic rings.